The van der Waals surface area contributed by atoms with Gasteiger partial charge in [0, 0.05) is 6.42 Å². The summed E-state index contributed by atoms with van der Waals surface area (Å²) < 4.78 is 4.49. The molecule has 1 atom stereocenters. The number of aliphatic hydroxyl groups is 2. The average Bonchev–Trinajstić information content (AvgIpc) is 1.99. The zero-order chi connectivity index (χ0) is 7.98. The average molecular weight is 148 g/mol. The predicted molar refractivity (Wildman–Crippen MR) is 34.3 cm³/mol. The Hall–Kier alpha value is -0.610. The highest BCUT2D eigenvalue weighted by atomic mass is 16.5. The van der Waals surface area contributed by atoms with Crippen LogP contribution in [-0.2, 0) is 9.53 Å². The van der Waals surface area contributed by atoms with Gasteiger partial charge < -0.3 is 14.9 Å². The van der Waals surface area contributed by atoms with Gasteiger partial charge in [-0.25, -0.2) is 0 Å². The van der Waals surface area contributed by atoms with Crippen molar-refractivity contribution in [3.63, 3.8) is 0 Å². The summed E-state index contributed by atoms with van der Waals surface area (Å²) in [4.78, 5) is 10.4. The Kier molecular flexibility index (Phi) is 4.88. The maximum absolute atomic E-state index is 10.4. The third kappa shape index (κ3) is 4.29. The molecule has 4 heteroatoms. The van der Waals surface area contributed by atoms with Crippen molar-refractivity contribution in [2.75, 3.05) is 13.2 Å². The minimum Gasteiger partial charge on any atom is -0.463 e. The SMILES string of the molecule is CCC(=O)OCC(O)CO. The standard InChI is InChI=1S/C6H12O4/c1-2-6(9)10-4-5(8)3-7/h5,7-8H,2-4H2,1H3. The molecule has 0 aliphatic carbocycles. The summed E-state index contributed by atoms with van der Waals surface area (Å²) >= 11 is 0. The van der Waals surface area contributed by atoms with Crippen LogP contribution in [0.1, 0.15) is 13.3 Å². The topological polar surface area (TPSA) is 66.8 Å². The molecule has 1 unspecified atom stereocenters. The molecule has 60 valence electrons. The maximum atomic E-state index is 10.4. The number of hydrogen-bond acceptors (Lipinski definition) is 4. The summed E-state index contributed by atoms with van der Waals surface area (Å²) in [7, 11) is 0. The highest BCUT2D eigenvalue weighted by Crippen LogP contribution is 1.87. The molecule has 0 fully saturated rings. The highest BCUT2D eigenvalue weighted by molar-refractivity contribution is 5.68. The molecule has 0 aliphatic rings. The molecule has 10 heavy (non-hydrogen) atoms. The molecule has 0 rings (SSSR count). The molecule has 0 saturated carbocycles. The van der Waals surface area contributed by atoms with Gasteiger partial charge in [-0.15, -0.1) is 0 Å². The van der Waals surface area contributed by atoms with E-state index in [0.29, 0.717) is 0 Å². The van der Waals surface area contributed by atoms with Gasteiger partial charge in [0.25, 0.3) is 0 Å². The fourth-order valence-electron chi connectivity index (χ4n) is 0.344. The molecule has 0 bridgehead atoms. The molecular formula is C6H12O4. The van der Waals surface area contributed by atoms with Crippen molar-refractivity contribution in [3.8, 4) is 0 Å². The van der Waals surface area contributed by atoms with E-state index in [4.69, 9.17) is 10.2 Å². The molecule has 0 heterocycles. The lowest BCUT2D eigenvalue weighted by atomic mass is 10.4. The Morgan fingerprint density at radius 3 is 2.70 bits per heavy atom. The molecule has 0 amide bonds. The van der Waals surface area contributed by atoms with Crippen molar-refractivity contribution in [2.45, 2.75) is 19.4 Å². The summed E-state index contributed by atoms with van der Waals surface area (Å²) in [5.74, 6) is -0.368. The zero-order valence-corrected chi connectivity index (χ0v) is 5.91. The highest BCUT2D eigenvalue weighted by Gasteiger charge is 2.04. The van der Waals surface area contributed by atoms with Crippen LogP contribution in [0.25, 0.3) is 0 Å². The van der Waals surface area contributed by atoms with Gasteiger partial charge in [0.15, 0.2) is 0 Å². The summed E-state index contributed by atoms with van der Waals surface area (Å²) in [5, 5.41) is 17.0. The second kappa shape index (κ2) is 5.20. The van der Waals surface area contributed by atoms with Crippen LogP contribution in [0.4, 0.5) is 0 Å². The molecule has 0 saturated heterocycles. The Balaban J connectivity index is 3.26. The van der Waals surface area contributed by atoms with Crippen molar-refractivity contribution in [3.05, 3.63) is 0 Å². The predicted octanol–water partition coefficient (Wildman–Crippen LogP) is -0.707. The fraction of sp³-hybridized carbons (Fsp3) is 0.833. The van der Waals surface area contributed by atoms with Crippen molar-refractivity contribution >= 4 is 5.97 Å². The molecule has 2 N–H and O–H groups in total. The lowest BCUT2D eigenvalue weighted by molar-refractivity contribution is -0.146. The summed E-state index contributed by atoms with van der Waals surface area (Å²) in [6, 6.07) is 0. The molecule has 0 aliphatic heterocycles. The van der Waals surface area contributed by atoms with Crippen LogP contribution < -0.4 is 0 Å². The molecule has 0 aromatic heterocycles. The lowest BCUT2D eigenvalue weighted by Crippen LogP contribution is -2.21. The number of aliphatic hydroxyl groups excluding tert-OH is 2. The van der Waals surface area contributed by atoms with Crippen molar-refractivity contribution in [1.82, 2.24) is 0 Å². The van der Waals surface area contributed by atoms with Crippen molar-refractivity contribution < 1.29 is 19.7 Å². The lowest BCUT2D eigenvalue weighted by Gasteiger charge is -2.06. The Bertz CT molecular complexity index is 102. The van der Waals surface area contributed by atoms with Crippen LogP contribution >= 0.6 is 0 Å². The summed E-state index contributed by atoms with van der Waals surface area (Å²) in [6.07, 6.45) is -0.659. The van der Waals surface area contributed by atoms with E-state index in [-0.39, 0.29) is 25.6 Å². The van der Waals surface area contributed by atoms with Crippen LogP contribution in [0.5, 0.6) is 0 Å². The first-order valence-electron chi connectivity index (χ1n) is 3.15. The minimum atomic E-state index is -0.949. The van der Waals surface area contributed by atoms with E-state index in [0.717, 1.165) is 0 Å². The quantitative estimate of drug-likeness (QED) is 0.517. The van der Waals surface area contributed by atoms with E-state index in [2.05, 4.69) is 4.74 Å². The molecule has 0 spiro atoms. The number of hydrogen-bond donors (Lipinski definition) is 2. The van der Waals surface area contributed by atoms with Crippen LogP contribution in [0.2, 0.25) is 0 Å². The Labute approximate surface area is 59.4 Å². The van der Waals surface area contributed by atoms with Crippen LogP contribution in [-0.4, -0.2) is 35.5 Å². The third-order valence-electron chi connectivity index (χ3n) is 0.936. The normalized spacial score (nSPS) is 12.7. The van der Waals surface area contributed by atoms with Gasteiger partial charge >= 0.3 is 5.97 Å². The maximum Gasteiger partial charge on any atom is 0.305 e. The second-order valence-corrected chi connectivity index (χ2v) is 1.87. The number of carbonyl (C=O) groups is 1. The fourth-order valence-corrected chi connectivity index (χ4v) is 0.344. The van der Waals surface area contributed by atoms with E-state index in [1.807, 2.05) is 0 Å². The number of rotatable bonds is 4. The van der Waals surface area contributed by atoms with Crippen LogP contribution in [0.3, 0.4) is 0 Å². The van der Waals surface area contributed by atoms with Gasteiger partial charge in [-0.05, 0) is 0 Å². The van der Waals surface area contributed by atoms with E-state index >= 15 is 0 Å². The Morgan fingerprint density at radius 1 is 1.70 bits per heavy atom. The van der Waals surface area contributed by atoms with Gasteiger partial charge in [-0.2, -0.15) is 0 Å². The van der Waals surface area contributed by atoms with Gasteiger partial charge in [0.05, 0.1) is 6.61 Å². The largest absolute Gasteiger partial charge is 0.463 e. The van der Waals surface area contributed by atoms with Gasteiger partial charge in [0.2, 0.25) is 0 Å². The number of carbonyl (C=O) groups excluding carboxylic acids is 1. The number of ether oxygens (including phenoxy) is 1. The van der Waals surface area contributed by atoms with Crippen LogP contribution in [0.15, 0.2) is 0 Å². The van der Waals surface area contributed by atoms with Gasteiger partial charge in [0.1, 0.15) is 12.7 Å². The molecule has 4 nitrogen and oxygen atoms in total. The van der Waals surface area contributed by atoms with E-state index in [9.17, 15) is 4.79 Å². The first-order chi connectivity index (χ1) is 4.70. The first-order valence-corrected chi connectivity index (χ1v) is 3.15. The smallest absolute Gasteiger partial charge is 0.305 e. The van der Waals surface area contributed by atoms with Crippen molar-refractivity contribution in [1.29, 1.82) is 0 Å². The van der Waals surface area contributed by atoms with E-state index in [1.54, 1.807) is 6.92 Å². The monoisotopic (exact) mass is 148 g/mol. The third-order valence-corrected chi connectivity index (χ3v) is 0.936. The second-order valence-electron chi connectivity index (χ2n) is 1.87. The molecule has 0 radical (unpaired) electrons. The molecule has 0 aromatic carbocycles. The summed E-state index contributed by atoms with van der Waals surface area (Å²) in [6.45, 7) is 1.16. The van der Waals surface area contributed by atoms with E-state index < -0.39 is 6.10 Å². The molecule has 0 aromatic rings. The van der Waals surface area contributed by atoms with Crippen LogP contribution in [0, 0.1) is 0 Å². The zero-order valence-electron chi connectivity index (χ0n) is 5.91. The Morgan fingerprint density at radius 2 is 2.30 bits per heavy atom. The van der Waals surface area contributed by atoms with Crippen molar-refractivity contribution in [2.24, 2.45) is 0 Å². The first kappa shape index (κ1) is 9.39. The van der Waals surface area contributed by atoms with E-state index in [1.165, 1.54) is 0 Å². The molecular weight excluding hydrogens is 136 g/mol. The number of esters is 1. The minimum absolute atomic E-state index is 0.122. The van der Waals surface area contributed by atoms with Gasteiger partial charge in [-0.3, -0.25) is 4.79 Å². The van der Waals surface area contributed by atoms with Gasteiger partial charge in [-0.1, -0.05) is 6.92 Å². The summed E-state index contributed by atoms with van der Waals surface area (Å²) in [5.41, 5.74) is 0.